The van der Waals surface area contributed by atoms with E-state index in [0.717, 1.165) is 0 Å². The Morgan fingerprint density at radius 2 is 1.67 bits per heavy atom. The van der Waals surface area contributed by atoms with Crippen LogP contribution in [0.4, 0.5) is 0 Å². The second-order valence-electron chi connectivity index (χ2n) is 4.55. The Morgan fingerprint density at radius 3 is 2.40 bits per heavy atom. The molecule has 0 aromatic carbocycles. The van der Waals surface area contributed by atoms with Gasteiger partial charge in [0.2, 0.25) is 0 Å². The van der Waals surface area contributed by atoms with E-state index in [0.29, 0.717) is 0 Å². The Kier molecular flexibility index (Phi) is 1.93. The van der Waals surface area contributed by atoms with Gasteiger partial charge in [-0.2, -0.15) is 0 Å². The van der Waals surface area contributed by atoms with Crippen LogP contribution in [0.3, 0.4) is 0 Å². The molecule has 86 valence electrons. The summed E-state index contributed by atoms with van der Waals surface area (Å²) < 4.78 is 21.7. The van der Waals surface area contributed by atoms with E-state index in [4.69, 9.17) is 18.9 Å². The van der Waals surface area contributed by atoms with Crippen molar-refractivity contribution in [2.24, 2.45) is 0 Å². The van der Waals surface area contributed by atoms with Crippen molar-refractivity contribution >= 4 is 0 Å². The van der Waals surface area contributed by atoms with Crippen molar-refractivity contribution in [3.8, 4) is 0 Å². The van der Waals surface area contributed by atoms with Crippen LogP contribution in [0.2, 0.25) is 0 Å². The lowest BCUT2D eigenvalue weighted by molar-refractivity contribution is -0.214. The Hall–Kier alpha value is -0.240. The molecule has 3 saturated heterocycles. The van der Waals surface area contributed by atoms with Gasteiger partial charge in [0.25, 0.3) is 0 Å². The summed E-state index contributed by atoms with van der Waals surface area (Å²) in [5, 5.41) is 18.8. The maximum Gasteiger partial charge on any atom is 0.190 e. The van der Waals surface area contributed by atoms with Crippen LogP contribution in [0, 0.1) is 0 Å². The van der Waals surface area contributed by atoms with Crippen molar-refractivity contribution in [2.75, 3.05) is 0 Å². The molecule has 3 rings (SSSR count). The van der Waals surface area contributed by atoms with Crippen LogP contribution >= 0.6 is 0 Å². The molecule has 15 heavy (non-hydrogen) atoms. The lowest BCUT2D eigenvalue weighted by Gasteiger charge is -2.21. The first-order valence-electron chi connectivity index (χ1n) is 5.01. The van der Waals surface area contributed by atoms with Crippen molar-refractivity contribution in [3.63, 3.8) is 0 Å². The standard InChI is InChI=1S/C9H14O6/c1-9(2)14-6-5-4(13-8(6)15-9)3(10)7(11)12-5/h3-8,10-11H,1-2H3/t3?,4-,5+,6-,7?,8-/m1/s1. The summed E-state index contributed by atoms with van der Waals surface area (Å²) in [4.78, 5) is 0. The van der Waals surface area contributed by atoms with Crippen molar-refractivity contribution in [2.45, 2.75) is 56.6 Å². The normalized spacial score (nSPS) is 56.8. The number of fused-ring (bicyclic) bond motifs is 3. The average molecular weight is 218 g/mol. The third kappa shape index (κ3) is 1.33. The zero-order chi connectivity index (χ0) is 10.8. The Labute approximate surface area is 86.7 Å². The number of hydrogen-bond donors (Lipinski definition) is 2. The Balaban J connectivity index is 1.80. The second-order valence-corrected chi connectivity index (χ2v) is 4.55. The highest BCUT2D eigenvalue weighted by molar-refractivity contribution is 5.01. The maximum absolute atomic E-state index is 9.54. The summed E-state index contributed by atoms with van der Waals surface area (Å²) in [6.45, 7) is 3.57. The van der Waals surface area contributed by atoms with Gasteiger partial charge in [0.05, 0.1) is 0 Å². The van der Waals surface area contributed by atoms with Gasteiger partial charge in [-0.1, -0.05) is 0 Å². The molecule has 6 nitrogen and oxygen atoms in total. The van der Waals surface area contributed by atoms with E-state index in [1.807, 2.05) is 0 Å². The molecule has 3 aliphatic rings. The molecule has 0 aromatic heterocycles. The molecule has 0 amide bonds. The molecule has 2 N–H and O–H groups in total. The van der Waals surface area contributed by atoms with Gasteiger partial charge in [-0.3, -0.25) is 0 Å². The smallest absolute Gasteiger partial charge is 0.190 e. The minimum atomic E-state index is -1.20. The van der Waals surface area contributed by atoms with E-state index in [9.17, 15) is 10.2 Å². The lowest BCUT2D eigenvalue weighted by atomic mass is 10.1. The first-order chi connectivity index (χ1) is 6.98. The Bertz CT molecular complexity index is 280. The van der Waals surface area contributed by atoms with Crippen LogP contribution in [-0.2, 0) is 18.9 Å². The highest BCUT2D eigenvalue weighted by Gasteiger charge is 2.61. The lowest BCUT2D eigenvalue weighted by Crippen LogP contribution is -2.35. The van der Waals surface area contributed by atoms with Crippen molar-refractivity contribution < 1.29 is 29.2 Å². The number of rotatable bonds is 0. The summed E-state index contributed by atoms with van der Waals surface area (Å²) in [5.41, 5.74) is 0. The molecule has 3 fully saturated rings. The average Bonchev–Trinajstić information content (AvgIpc) is 2.66. The van der Waals surface area contributed by atoms with Gasteiger partial charge in [-0.15, -0.1) is 0 Å². The molecule has 0 radical (unpaired) electrons. The predicted molar refractivity (Wildman–Crippen MR) is 45.6 cm³/mol. The van der Waals surface area contributed by atoms with Crippen LogP contribution in [-0.4, -0.2) is 53.0 Å². The second kappa shape index (κ2) is 2.91. The first kappa shape index (κ1) is 9.95. The molecule has 0 saturated carbocycles. The highest BCUT2D eigenvalue weighted by atomic mass is 16.9. The molecular weight excluding hydrogens is 204 g/mol. The first-order valence-corrected chi connectivity index (χ1v) is 5.01. The van der Waals surface area contributed by atoms with E-state index in [-0.39, 0.29) is 6.10 Å². The molecule has 0 aliphatic carbocycles. The van der Waals surface area contributed by atoms with Gasteiger partial charge in [0, 0.05) is 0 Å². The number of ether oxygens (including phenoxy) is 4. The molecule has 3 aliphatic heterocycles. The Morgan fingerprint density at radius 1 is 0.933 bits per heavy atom. The van der Waals surface area contributed by atoms with E-state index < -0.39 is 36.7 Å². The van der Waals surface area contributed by atoms with Crippen LogP contribution in [0.5, 0.6) is 0 Å². The van der Waals surface area contributed by atoms with Crippen LogP contribution < -0.4 is 0 Å². The summed E-state index contributed by atoms with van der Waals surface area (Å²) >= 11 is 0. The van der Waals surface area contributed by atoms with Crippen molar-refractivity contribution in [1.29, 1.82) is 0 Å². The number of aliphatic hydroxyl groups excluding tert-OH is 2. The molecule has 0 aromatic rings. The maximum atomic E-state index is 9.54. The summed E-state index contributed by atoms with van der Waals surface area (Å²) in [7, 11) is 0. The molecule has 0 spiro atoms. The van der Waals surface area contributed by atoms with Gasteiger partial charge in [0.15, 0.2) is 18.4 Å². The van der Waals surface area contributed by atoms with Crippen molar-refractivity contribution in [3.05, 3.63) is 0 Å². The van der Waals surface area contributed by atoms with Gasteiger partial charge in [0.1, 0.15) is 24.4 Å². The molecule has 3 heterocycles. The largest absolute Gasteiger partial charge is 0.385 e. The zero-order valence-corrected chi connectivity index (χ0v) is 8.49. The monoisotopic (exact) mass is 218 g/mol. The van der Waals surface area contributed by atoms with Gasteiger partial charge < -0.3 is 29.2 Å². The minimum absolute atomic E-state index is 0.378. The van der Waals surface area contributed by atoms with Gasteiger partial charge in [-0.05, 0) is 13.8 Å². The van der Waals surface area contributed by atoms with Crippen LogP contribution in [0.25, 0.3) is 0 Å². The van der Waals surface area contributed by atoms with Crippen molar-refractivity contribution in [1.82, 2.24) is 0 Å². The topological polar surface area (TPSA) is 77.4 Å². The molecule has 6 heteroatoms. The number of aliphatic hydroxyl groups is 2. The minimum Gasteiger partial charge on any atom is -0.385 e. The van der Waals surface area contributed by atoms with Gasteiger partial charge >= 0.3 is 0 Å². The molecule has 2 unspecified atom stereocenters. The zero-order valence-electron chi connectivity index (χ0n) is 8.49. The van der Waals surface area contributed by atoms with E-state index in [1.165, 1.54) is 0 Å². The third-order valence-electron chi connectivity index (χ3n) is 2.95. The highest BCUT2D eigenvalue weighted by Crippen LogP contribution is 2.42. The van der Waals surface area contributed by atoms with Crippen LogP contribution in [0.15, 0.2) is 0 Å². The summed E-state index contributed by atoms with van der Waals surface area (Å²) in [5.74, 6) is -0.706. The third-order valence-corrected chi connectivity index (χ3v) is 2.95. The molecule has 0 bridgehead atoms. The van der Waals surface area contributed by atoms with E-state index >= 15 is 0 Å². The van der Waals surface area contributed by atoms with Crippen LogP contribution in [0.1, 0.15) is 13.8 Å². The molecular formula is C9H14O6. The fourth-order valence-corrected chi connectivity index (χ4v) is 2.34. The fraction of sp³-hybridized carbons (Fsp3) is 1.00. The SMILES string of the molecule is CC1(C)O[C@H]2O[C@@H]3C(O)C(O)O[C@@H]3[C@H]2O1. The number of hydrogen-bond acceptors (Lipinski definition) is 6. The predicted octanol–water partition coefficient (Wildman–Crippen LogP) is -1.06. The van der Waals surface area contributed by atoms with Gasteiger partial charge in [-0.25, -0.2) is 0 Å². The fourth-order valence-electron chi connectivity index (χ4n) is 2.34. The molecule has 6 atom stereocenters. The van der Waals surface area contributed by atoms with E-state index in [1.54, 1.807) is 13.8 Å². The quantitative estimate of drug-likeness (QED) is 0.539. The summed E-state index contributed by atoms with van der Waals surface area (Å²) in [6.07, 6.45) is -4.15. The summed E-state index contributed by atoms with van der Waals surface area (Å²) in [6, 6.07) is 0. The van der Waals surface area contributed by atoms with E-state index in [2.05, 4.69) is 0 Å².